The molecule has 2 nitrogen and oxygen atoms in total. The summed E-state index contributed by atoms with van der Waals surface area (Å²) in [6.07, 6.45) is 0.851. The van der Waals surface area contributed by atoms with Gasteiger partial charge in [0.25, 0.3) is 0 Å². The Morgan fingerprint density at radius 3 is 2.80 bits per heavy atom. The van der Waals surface area contributed by atoms with E-state index in [0.717, 1.165) is 22.9 Å². The Morgan fingerprint density at radius 2 is 2.15 bits per heavy atom. The molecule has 2 rings (SSSR count). The van der Waals surface area contributed by atoms with Crippen LogP contribution < -0.4 is 4.74 Å². The summed E-state index contributed by atoms with van der Waals surface area (Å²) in [5.74, 6) is 2.18. The Kier molecular flexibility index (Phi) is 5.49. The third-order valence-electron chi connectivity index (χ3n) is 3.13. The summed E-state index contributed by atoms with van der Waals surface area (Å²) in [6.45, 7) is 7.15. The number of aromatic nitrogens is 1. The van der Waals surface area contributed by atoms with E-state index in [-0.39, 0.29) is 0 Å². The van der Waals surface area contributed by atoms with Gasteiger partial charge in [0.2, 0.25) is 0 Å². The van der Waals surface area contributed by atoms with Gasteiger partial charge in [0.15, 0.2) is 0 Å². The average molecular weight is 307 g/mol. The van der Waals surface area contributed by atoms with E-state index in [9.17, 15) is 0 Å². The van der Waals surface area contributed by atoms with Crippen LogP contribution in [0.1, 0.15) is 41.6 Å². The summed E-state index contributed by atoms with van der Waals surface area (Å²) >= 11 is 5.91. The SMILES string of the molecule is Cc1ccc(C(C)C)c(OCCc2nc(CS)cs2)c1. The zero-order valence-corrected chi connectivity index (χ0v) is 13.9. The molecule has 4 heteroatoms. The molecule has 0 saturated carbocycles. The number of nitrogens with zero attached hydrogens (tertiary/aromatic N) is 1. The van der Waals surface area contributed by atoms with Crippen LogP contribution in [0.25, 0.3) is 0 Å². The molecule has 0 bridgehead atoms. The van der Waals surface area contributed by atoms with Gasteiger partial charge in [-0.05, 0) is 30.0 Å². The van der Waals surface area contributed by atoms with Crippen molar-refractivity contribution in [2.45, 2.75) is 38.9 Å². The largest absolute Gasteiger partial charge is 0.493 e. The molecule has 0 amide bonds. The maximum absolute atomic E-state index is 5.97. The molecule has 0 spiro atoms. The molecule has 1 aromatic carbocycles. The summed E-state index contributed by atoms with van der Waals surface area (Å²) in [7, 11) is 0. The molecule has 20 heavy (non-hydrogen) atoms. The Morgan fingerprint density at radius 1 is 1.35 bits per heavy atom. The fourth-order valence-electron chi connectivity index (χ4n) is 2.03. The van der Waals surface area contributed by atoms with Crippen molar-refractivity contribution in [1.29, 1.82) is 0 Å². The lowest BCUT2D eigenvalue weighted by molar-refractivity contribution is 0.317. The summed E-state index contributed by atoms with van der Waals surface area (Å²) in [5.41, 5.74) is 3.55. The summed E-state index contributed by atoms with van der Waals surface area (Å²) in [4.78, 5) is 4.50. The number of aryl methyl sites for hydroxylation is 1. The summed E-state index contributed by atoms with van der Waals surface area (Å²) in [6, 6.07) is 6.43. The highest BCUT2D eigenvalue weighted by atomic mass is 32.1. The molecule has 0 N–H and O–H groups in total. The minimum atomic E-state index is 0.473. The lowest BCUT2D eigenvalue weighted by atomic mass is 10.0. The Labute approximate surface area is 130 Å². The van der Waals surface area contributed by atoms with Crippen molar-refractivity contribution < 1.29 is 4.74 Å². The van der Waals surface area contributed by atoms with Crippen molar-refractivity contribution in [3.05, 3.63) is 45.4 Å². The van der Waals surface area contributed by atoms with E-state index in [1.54, 1.807) is 11.3 Å². The first-order valence-electron chi connectivity index (χ1n) is 6.87. The molecule has 0 unspecified atom stereocenters. The van der Waals surface area contributed by atoms with Crippen LogP contribution in [-0.2, 0) is 12.2 Å². The lowest BCUT2D eigenvalue weighted by Crippen LogP contribution is -2.04. The highest BCUT2D eigenvalue weighted by Gasteiger charge is 2.08. The van der Waals surface area contributed by atoms with Gasteiger partial charge in [-0.2, -0.15) is 12.6 Å². The quantitative estimate of drug-likeness (QED) is 0.786. The Balaban J connectivity index is 1.98. The highest BCUT2D eigenvalue weighted by Crippen LogP contribution is 2.27. The van der Waals surface area contributed by atoms with Crippen LogP contribution in [0.15, 0.2) is 23.6 Å². The molecular weight excluding hydrogens is 286 g/mol. The van der Waals surface area contributed by atoms with Crippen molar-refractivity contribution in [3.8, 4) is 5.75 Å². The smallest absolute Gasteiger partial charge is 0.123 e. The summed E-state index contributed by atoms with van der Waals surface area (Å²) < 4.78 is 5.97. The molecule has 0 aliphatic heterocycles. The zero-order chi connectivity index (χ0) is 14.5. The van der Waals surface area contributed by atoms with Gasteiger partial charge in [0.05, 0.1) is 17.3 Å². The molecule has 0 atom stereocenters. The minimum Gasteiger partial charge on any atom is -0.493 e. The van der Waals surface area contributed by atoms with Gasteiger partial charge in [-0.3, -0.25) is 0 Å². The number of benzene rings is 1. The fourth-order valence-corrected chi connectivity index (χ4v) is 3.09. The van der Waals surface area contributed by atoms with Crippen molar-refractivity contribution >= 4 is 24.0 Å². The summed E-state index contributed by atoms with van der Waals surface area (Å²) in [5, 5.41) is 3.18. The second kappa shape index (κ2) is 7.14. The third-order valence-corrected chi connectivity index (χ3v) is 4.41. The first-order valence-corrected chi connectivity index (χ1v) is 8.39. The number of thiol groups is 1. The first kappa shape index (κ1) is 15.4. The van der Waals surface area contributed by atoms with Crippen molar-refractivity contribution in [1.82, 2.24) is 4.98 Å². The maximum atomic E-state index is 5.97. The number of thiazole rings is 1. The first-order chi connectivity index (χ1) is 9.60. The molecule has 0 saturated heterocycles. The maximum Gasteiger partial charge on any atom is 0.123 e. The average Bonchev–Trinajstić information content (AvgIpc) is 2.86. The topological polar surface area (TPSA) is 22.1 Å². The van der Waals surface area contributed by atoms with E-state index in [4.69, 9.17) is 4.74 Å². The van der Waals surface area contributed by atoms with Crippen LogP contribution in [0, 0.1) is 6.92 Å². The molecule has 1 heterocycles. The standard InChI is InChI=1S/C16H21NOS2/c1-11(2)14-5-4-12(3)8-15(14)18-7-6-16-17-13(9-19)10-20-16/h4-5,8,10-11,19H,6-7,9H2,1-3H3. The van der Waals surface area contributed by atoms with E-state index in [1.807, 2.05) is 0 Å². The van der Waals surface area contributed by atoms with Crippen molar-refractivity contribution in [3.63, 3.8) is 0 Å². The van der Waals surface area contributed by atoms with E-state index in [1.165, 1.54) is 11.1 Å². The predicted molar refractivity (Wildman–Crippen MR) is 89.3 cm³/mol. The number of ether oxygens (including phenoxy) is 1. The molecule has 0 fully saturated rings. The van der Waals surface area contributed by atoms with Gasteiger partial charge in [0.1, 0.15) is 5.75 Å². The van der Waals surface area contributed by atoms with Crippen LogP contribution in [0.5, 0.6) is 5.75 Å². The molecule has 0 aliphatic rings. The van der Waals surface area contributed by atoms with Crippen LogP contribution in [0.2, 0.25) is 0 Å². The number of hydrogen-bond acceptors (Lipinski definition) is 4. The predicted octanol–water partition coefficient (Wildman–Crippen LogP) is 4.63. The normalized spacial score (nSPS) is 11.1. The van der Waals surface area contributed by atoms with Gasteiger partial charge in [-0.15, -0.1) is 11.3 Å². The second-order valence-corrected chi connectivity index (χ2v) is 6.44. The van der Waals surface area contributed by atoms with Gasteiger partial charge in [-0.25, -0.2) is 4.98 Å². The van der Waals surface area contributed by atoms with Crippen LogP contribution in [-0.4, -0.2) is 11.6 Å². The zero-order valence-electron chi connectivity index (χ0n) is 12.2. The minimum absolute atomic E-state index is 0.473. The lowest BCUT2D eigenvalue weighted by Gasteiger charge is -2.14. The monoisotopic (exact) mass is 307 g/mol. The number of rotatable bonds is 6. The van der Waals surface area contributed by atoms with Crippen LogP contribution >= 0.6 is 24.0 Å². The molecule has 0 radical (unpaired) electrons. The van der Waals surface area contributed by atoms with Crippen molar-refractivity contribution in [2.75, 3.05) is 6.61 Å². The van der Waals surface area contributed by atoms with Gasteiger partial charge < -0.3 is 4.74 Å². The molecule has 1 aromatic heterocycles. The van der Waals surface area contributed by atoms with Gasteiger partial charge in [0, 0.05) is 17.6 Å². The second-order valence-electron chi connectivity index (χ2n) is 5.19. The molecule has 2 aromatic rings. The molecule has 0 aliphatic carbocycles. The van der Waals surface area contributed by atoms with Gasteiger partial charge in [-0.1, -0.05) is 26.0 Å². The van der Waals surface area contributed by atoms with E-state index in [0.29, 0.717) is 18.3 Å². The fraction of sp³-hybridized carbons (Fsp3) is 0.438. The Hall–Kier alpha value is -1.00. The molecule has 108 valence electrons. The van der Waals surface area contributed by atoms with E-state index >= 15 is 0 Å². The van der Waals surface area contributed by atoms with Crippen LogP contribution in [0.3, 0.4) is 0 Å². The van der Waals surface area contributed by atoms with E-state index < -0.39 is 0 Å². The molecular formula is C16H21NOS2. The number of hydrogen-bond donors (Lipinski definition) is 1. The third kappa shape index (κ3) is 4.00. The Bertz CT molecular complexity index is 563. The van der Waals surface area contributed by atoms with E-state index in [2.05, 4.69) is 62.0 Å². The van der Waals surface area contributed by atoms with Crippen molar-refractivity contribution in [2.24, 2.45) is 0 Å². The highest BCUT2D eigenvalue weighted by molar-refractivity contribution is 7.79. The van der Waals surface area contributed by atoms with Gasteiger partial charge >= 0.3 is 0 Å². The van der Waals surface area contributed by atoms with Crippen LogP contribution in [0.4, 0.5) is 0 Å².